The van der Waals surface area contributed by atoms with Crippen molar-refractivity contribution in [3.05, 3.63) is 83.0 Å². The third kappa shape index (κ3) is 4.49. The number of halogens is 1. The zero-order valence-electron chi connectivity index (χ0n) is 10.7. The van der Waals surface area contributed by atoms with Gasteiger partial charge in [0, 0.05) is 5.56 Å². The maximum atomic E-state index is 4.43. The van der Waals surface area contributed by atoms with Crippen LogP contribution in [-0.4, -0.2) is 5.71 Å². The van der Waals surface area contributed by atoms with E-state index in [-0.39, 0.29) is 0 Å². The molecule has 0 fully saturated rings. The molecular weight excluding hydrogens is 298 g/mol. The number of allylic oxidation sites excluding steroid dienone is 6. The highest BCUT2D eigenvalue weighted by molar-refractivity contribution is 9.11. The van der Waals surface area contributed by atoms with Crippen LogP contribution < -0.4 is 0 Å². The zero-order chi connectivity index (χ0) is 13.5. The number of rotatable bonds is 4. The molecule has 2 heteroatoms. The predicted molar refractivity (Wildman–Crippen MR) is 86.6 cm³/mol. The molecule has 0 bridgehead atoms. The van der Waals surface area contributed by atoms with Gasteiger partial charge in [-0.15, -0.1) is 0 Å². The summed E-state index contributed by atoms with van der Waals surface area (Å²) in [6.07, 6.45) is 12.9. The highest BCUT2D eigenvalue weighted by atomic mass is 79.9. The third-order valence-electron chi connectivity index (χ3n) is 2.77. The molecule has 0 aliphatic heterocycles. The van der Waals surface area contributed by atoms with Gasteiger partial charge in [-0.05, 0) is 40.4 Å². The van der Waals surface area contributed by atoms with E-state index in [1.807, 2.05) is 36.4 Å². The molecule has 19 heavy (non-hydrogen) atoms. The summed E-state index contributed by atoms with van der Waals surface area (Å²) >= 11 is 3.29. The molecule has 0 N–H and O–H groups in total. The van der Waals surface area contributed by atoms with Crippen LogP contribution in [0.3, 0.4) is 0 Å². The van der Waals surface area contributed by atoms with Crippen LogP contribution in [0.1, 0.15) is 18.4 Å². The van der Waals surface area contributed by atoms with Gasteiger partial charge in [-0.2, -0.15) is 0 Å². The number of benzene rings is 1. The largest absolute Gasteiger partial charge is 0.242 e. The summed E-state index contributed by atoms with van der Waals surface area (Å²) in [5.74, 6) is 0. The van der Waals surface area contributed by atoms with Gasteiger partial charge in [-0.3, -0.25) is 0 Å². The van der Waals surface area contributed by atoms with Gasteiger partial charge < -0.3 is 0 Å². The standard InChI is InChI=1S/C17H16BrN/c1-14(18)19-17(16-10-6-3-7-11-16)13-12-15-8-4-2-5-9-15/h3-4,6-13H,1-2,5H2/b13-12+,19-17?. The Morgan fingerprint density at radius 1 is 1.21 bits per heavy atom. The second-order valence-corrected chi connectivity index (χ2v) is 5.17. The lowest BCUT2D eigenvalue weighted by Gasteiger charge is -2.03. The van der Waals surface area contributed by atoms with Gasteiger partial charge in [-0.25, -0.2) is 4.99 Å². The van der Waals surface area contributed by atoms with E-state index in [1.54, 1.807) is 0 Å². The van der Waals surface area contributed by atoms with Crippen LogP contribution in [0.15, 0.2) is 82.5 Å². The molecule has 0 unspecified atom stereocenters. The van der Waals surface area contributed by atoms with Crippen molar-refractivity contribution < 1.29 is 0 Å². The molecule has 2 rings (SSSR count). The first-order valence-corrected chi connectivity index (χ1v) is 7.08. The minimum absolute atomic E-state index is 0.629. The summed E-state index contributed by atoms with van der Waals surface area (Å²) < 4.78 is 0.629. The van der Waals surface area contributed by atoms with Crippen LogP contribution in [0.25, 0.3) is 0 Å². The average Bonchev–Trinajstić information content (AvgIpc) is 2.45. The van der Waals surface area contributed by atoms with E-state index in [2.05, 4.69) is 51.8 Å². The maximum Gasteiger partial charge on any atom is 0.0991 e. The van der Waals surface area contributed by atoms with Gasteiger partial charge in [0.2, 0.25) is 0 Å². The third-order valence-corrected chi connectivity index (χ3v) is 2.95. The second-order valence-electron chi connectivity index (χ2n) is 4.26. The van der Waals surface area contributed by atoms with Gasteiger partial charge in [-0.1, -0.05) is 61.2 Å². The summed E-state index contributed by atoms with van der Waals surface area (Å²) in [5.41, 5.74) is 3.22. The van der Waals surface area contributed by atoms with Crippen molar-refractivity contribution in [2.75, 3.05) is 0 Å². The van der Waals surface area contributed by atoms with Crippen molar-refractivity contribution in [1.29, 1.82) is 0 Å². The Morgan fingerprint density at radius 2 is 2.00 bits per heavy atom. The van der Waals surface area contributed by atoms with E-state index < -0.39 is 0 Å². The van der Waals surface area contributed by atoms with Crippen LogP contribution in [0.4, 0.5) is 0 Å². The Hall–Kier alpha value is -1.67. The first-order valence-electron chi connectivity index (χ1n) is 6.29. The van der Waals surface area contributed by atoms with E-state index in [1.165, 1.54) is 5.57 Å². The van der Waals surface area contributed by atoms with Crippen molar-refractivity contribution in [2.45, 2.75) is 12.8 Å². The normalized spacial score (nSPS) is 15.6. The lowest BCUT2D eigenvalue weighted by Crippen LogP contribution is -1.96. The quantitative estimate of drug-likeness (QED) is 0.537. The lowest BCUT2D eigenvalue weighted by atomic mass is 10.0. The van der Waals surface area contributed by atoms with E-state index in [0.717, 1.165) is 24.1 Å². The molecule has 0 aromatic heterocycles. The molecule has 1 aliphatic rings. The van der Waals surface area contributed by atoms with Gasteiger partial charge in [0.1, 0.15) is 0 Å². The van der Waals surface area contributed by atoms with Gasteiger partial charge in [0.25, 0.3) is 0 Å². The topological polar surface area (TPSA) is 12.4 Å². The molecule has 0 heterocycles. The summed E-state index contributed by atoms with van der Waals surface area (Å²) in [7, 11) is 0. The molecule has 1 aromatic rings. The number of nitrogens with zero attached hydrogens (tertiary/aromatic N) is 1. The highest BCUT2D eigenvalue weighted by Crippen LogP contribution is 2.13. The Balaban J connectivity index is 2.25. The van der Waals surface area contributed by atoms with Crippen molar-refractivity contribution in [2.24, 2.45) is 4.99 Å². The first-order chi connectivity index (χ1) is 9.25. The Labute approximate surface area is 122 Å². The SMILES string of the molecule is C=C(Br)N=C(/C=C/C1=CCCC=C1)c1ccccc1. The summed E-state index contributed by atoms with van der Waals surface area (Å²) in [6, 6.07) is 10.1. The van der Waals surface area contributed by atoms with E-state index in [4.69, 9.17) is 0 Å². The summed E-state index contributed by atoms with van der Waals surface area (Å²) in [6.45, 7) is 3.78. The van der Waals surface area contributed by atoms with Crippen molar-refractivity contribution in [3.63, 3.8) is 0 Å². The maximum absolute atomic E-state index is 4.43. The van der Waals surface area contributed by atoms with Crippen LogP contribution in [0, 0.1) is 0 Å². The van der Waals surface area contributed by atoms with Gasteiger partial charge in [0.15, 0.2) is 0 Å². The molecule has 0 atom stereocenters. The van der Waals surface area contributed by atoms with E-state index in [0.29, 0.717) is 4.61 Å². The fraction of sp³-hybridized carbons (Fsp3) is 0.118. The summed E-state index contributed by atoms with van der Waals surface area (Å²) in [5, 5.41) is 0. The molecule has 1 nitrogen and oxygen atoms in total. The molecule has 0 amide bonds. The Bertz CT molecular complexity index is 562. The molecule has 1 aromatic carbocycles. The minimum atomic E-state index is 0.629. The van der Waals surface area contributed by atoms with Gasteiger partial charge >= 0.3 is 0 Å². The number of hydrogen-bond acceptors (Lipinski definition) is 1. The molecule has 0 saturated carbocycles. The number of aliphatic imine (C=N–C) groups is 1. The van der Waals surface area contributed by atoms with E-state index in [9.17, 15) is 0 Å². The van der Waals surface area contributed by atoms with E-state index >= 15 is 0 Å². The fourth-order valence-corrected chi connectivity index (χ4v) is 2.06. The molecule has 0 spiro atoms. The lowest BCUT2D eigenvalue weighted by molar-refractivity contribution is 1.03. The minimum Gasteiger partial charge on any atom is -0.242 e. The monoisotopic (exact) mass is 313 g/mol. The molecule has 96 valence electrons. The van der Waals surface area contributed by atoms with Gasteiger partial charge in [0.05, 0.1) is 10.3 Å². The molecule has 1 aliphatic carbocycles. The highest BCUT2D eigenvalue weighted by Gasteiger charge is 2.00. The van der Waals surface area contributed by atoms with Crippen molar-refractivity contribution in [3.8, 4) is 0 Å². The summed E-state index contributed by atoms with van der Waals surface area (Å²) in [4.78, 5) is 4.43. The molecule has 0 saturated heterocycles. The van der Waals surface area contributed by atoms with Crippen molar-refractivity contribution >= 4 is 21.6 Å². The Morgan fingerprint density at radius 3 is 2.63 bits per heavy atom. The number of hydrogen-bond donors (Lipinski definition) is 0. The average molecular weight is 314 g/mol. The second kappa shape index (κ2) is 7.05. The van der Waals surface area contributed by atoms with Crippen LogP contribution in [0.5, 0.6) is 0 Å². The Kier molecular flexibility index (Phi) is 5.10. The predicted octanol–water partition coefficient (Wildman–Crippen LogP) is 5.17. The molecular formula is C17H16BrN. The first kappa shape index (κ1) is 13.8. The fourth-order valence-electron chi connectivity index (χ4n) is 1.87. The van der Waals surface area contributed by atoms with Crippen LogP contribution in [0.2, 0.25) is 0 Å². The van der Waals surface area contributed by atoms with Crippen molar-refractivity contribution in [1.82, 2.24) is 0 Å². The van der Waals surface area contributed by atoms with Crippen LogP contribution in [-0.2, 0) is 0 Å². The molecule has 0 radical (unpaired) electrons. The van der Waals surface area contributed by atoms with Crippen LogP contribution >= 0.6 is 15.9 Å². The smallest absolute Gasteiger partial charge is 0.0991 e. The zero-order valence-corrected chi connectivity index (χ0v) is 12.3.